The monoisotopic (exact) mass is 311 g/mol. The Balaban J connectivity index is 2.03. The zero-order valence-corrected chi connectivity index (χ0v) is 13.3. The summed E-state index contributed by atoms with van der Waals surface area (Å²) < 4.78 is 10.6. The normalized spacial score (nSPS) is 18.8. The summed E-state index contributed by atoms with van der Waals surface area (Å²) in [7, 11) is 1.72. The Morgan fingerprint density at radius 3 is 3.05 bits per heavy atom. The summed E-state index contributed by atoms with van der Waals surface area (Å²) in [6.45, 7) is 4.73. The van der Waals surface area contributed by atoms with Gasteiger partial charge in [0.1, 0.15) is 0 Å². The van der Waals surface area contributed by atoms with Gasteiger partial charge in [-0.15, -0.1) is 5.11 Å². The highest BCUT2D eigenvalue weighted by Crippen LogP contribution is 2.25. The van der Waals surface area contributed by atoms with E-state index in [-0.39, 0.29) is 0 Å². The van der Waals surface area contributed by atoms with Crippen molar-refractivity contribution < 1.29 is 9.47 Å². The predicted octanol–water partition coefficient (Wildman–Crippen LogP) is 3.99. The molecular weight excluding hydrogens is 290 g/mol. The molecule has 0 N–H and O–H groups in total. The zero-order chi connectivity index (χ0) is 15.1. The van der Waals surface area contributed by atoms with Crippen molar-refractivity contribution in [2.45, 2.75) is 32.4 Å². The third-order valence-electron chi connectivity index (χ3n) is 3.47. The van der Waals surface area contributed by atoms with E-state index in [2.05, 4.69) is 10.3 Å². The Bertz CT molecular complexity index is 482. The minimum absolute atomic E-state index is 0.328. The molecule has 0 saturated carbocycles. The molecule has 2 rings (SSSR count). The SMILES string of the molecule is CCOCc1cc(N=NN2CCC[C@H]2COC)ccc1Cl. The Morgan fingerprint density at radius 2 is 2.29 bits per heavy atom. The van der Waals surface area contributed by atoms with Crippen LogP contribution in [-0.4, -0.2) is 37.9 Å². The van der Waals surface area contributed by atoms with Crippen molar-refractivity contribution >= 4 is 17.3 Å². The second-order valence-electron chi connectivity index (χ2n) is 5.02. The van der Waals surface area contributed by atoms with E-state index in [1.165, 1.54) is 0 Å². The van der Waals surface area contributed by atoms with E-state index in [4.69, 9.17) is 21.1 Å². The first-order valence-corrected chi connectivity index (χ1v) is 7.65. The van der Waals surface area contributed by atoms with Crippen LogP contribution < -0.4 is 0 Å². The van der Waals surface area contributed by atoms with E-state index >= 15 is 0 Å². The number of hydrogen-bond donors (Lipinski definition) is 0. The van der Waals surface area contributed by atoms with Crippen LogP contribution in [0.1, 0.15) is 25.3 Å². The lowest BCUT2D eigenvalue weighted by atomic mass is 10.2. The van der Waals surface area contributed by atoms with Gasteiger partial charge >= 0.3 is 0 Å². The molecule has 0 amide bonds. The maximum absolute atomic E-state index is 6.14. The van der Waals surface area contributed by atoms with E-state index in [9.17, 15) is 0 Å². The highest BCUT2D eigenvalue weighted by Gasteiger charge is 2.23. The van der Waals surface area contributed by atoms with Crippen molar-refractivity contribution in [2.24, 2.45) is 10.3 Å². The van der Waals surface area contributed by atoms with Crippen molar-refractivity contribution in [3.63, 3.8) is 0 Å². The molecule has 1 aliphatic heterocycles. The lowest BCUT2D eigenvalue weighted by Gasteiger charge is -2.18. The lowest BCUT2D eigenvalue weighted by Crippen LogP contribution is -2.27. The summed E-state index contributed by atoms with van der Waals surface area (Å²) in [5, 5.41) is 11.3. The molecule has 0 radical (unpaired) electrons. The van der Waals surface area contributed by atoms with Crippen LogP contribution in [0.25, 0.3) is 0 Å². The van der Waals surface area contributed by atoms with Gasteiger partial charge in [0.15, 0.2) is 0 Å². The molecule has 1 aromatic rings. The minimum atomic E-state index is 0.328. The van der Waals surface area contributed by atoms with E-state index in [1.807, 2.05) is 30.1 Å². The Hall–Kier alpha value is -1.17. The molecule has 1 atom stereocenters. The molecule has 21 heavy (non-hydrogen) atoms. The standard InChI is InChI=1S/C15H22ClN3O2/c1-3-21-10-12-9-13(6-7-15(12)16)17-18-19-8-4-5-14(19)11-20-2/h6-7,9,14H,3-5,8,10-11H2,1-2H3/t14-/m0/s1. The molecule has 0 unspecified atom stereocenters. The molecule has 0 bridgehead atoms. The summed E-state index contributed by atoms with van der Waals surface area (Å²) in [6.07, 6.45) is 2.23. The number of nitrogens with zero attached hydrogens (tertiary/aromatic N) is 3. The Morgan fingerprint density at radius 1 is 1.43 bits per heavy atom. The van der Waals surface area contributed by atoms with Gasteiger partial charge in [-0.05, 0) is 43.5 Å². The highest BCUT2D eigenvalue weighted by atomic mass is 35.5. The van der Waals surface area contributed by atoms with Crippen LogP contribution in [0.3, 0.4) is 0 Å². The second-order valence-corrected chi connectivity index (χ2v) is 5.42. The molecule has 0 spiro atoms. The van der Waals surface area contributed by atoms with Crippen LogP contribution in [0.4, 0.5) is 5.69 Å². The van der Waals surface area contributed by atoms with Crippen molar-refractivity contribution in [3.8, 4) is 0 Å². The number of benzene rings is 1. The number of halogens is 1. The van der Waals surface area contributed by atoms with Crippen molar-refractivity contribution in [2.75, 3.05) is 26.9 Å². The van der Waals surface area contributed by atoms with Crippen LogP contribution in [0.5, 0.6) is 0 Å². The van der Waals surface area contributed by atoms with Gasteiger partial charge in [-0.3, -0.25) is 5.01 Å². The number of ether oxygens (including phenoxy) is 2. The second kappa shape index (κ2) is 8.32. The molecular formula is C15H22ClN3O2. The van der Waals surface area contributed by atoms with Crippen LogP contribution in [0.2, 0.25) is 5.02 Å². The Kier molecular flexibility index (Phi) is 6.42. The quantitative estimate of drug-likeness (QED) is 0.715. The molecule has 0 aliphatic carbocycles. The molecule has 1 fully saturated rings. The average Bonchev–Trinajstić information content (AvgIpc) is 2.93. The summed E-state index contributed by atoms with van der Waals surface area (Å²) in [4.78, 5) is 0. The first-order valence-electron chi connectivity index (χ1n) is 7.28. The van der Waals surface area contributed by atoms with Gasteiger partial charge in [0.25, 0.3) is 0 Å². The molecule has 5 nitrogen and oxygen atoms in total. The van der Waals surface area contributed by atoms with Gasteiger partial charge in [0.05, 0.1) is 24.9 Å². The molecule has 0 aromatic heterocycles. The van der Waals surface area contributed by atoms with Gasteiger partial charge in [0, 0.05) is 25.3 Å². The molecule has 116 valence electrons. The highest BCUT2D eigenvalue weighted by molar-refractivity contribution is 6.31. The summed E-state index contributed by atoms with van der Waals surface area (Å²) in [5.74, 6) is 0. The fourth-order valence-electron chi connectivity index (χ4n) is 2.36. The Labute approximate surface area is 130 Å². The third kappa shape index (κ3) is 4.66. The van der Waals surface area contributed by atoms with E-state index in [0.717, 1.165) is 30.6 Å². The summed E-state index contributed by atoms with van der Waals surface area (Å²) in [6, 6.07) is 5.95. The molecule has 6 heteroatoms. The van der Waals surface area contributed by atoms with Crippen molar-refractivity contribution in [1.82, 2.24) is 5.01 Å². The first kappa shape index (κ1) is 16.2. The van der Waals surface area contributed by atoms with Gasteiger partial charge in [0.2, 0.25) is 0 Å². The van der Waals surface area contributed by atoms with Gasteiger partial charge in [-0.1, -0.05) is 16.8 Å². The van der Waals surface area contributed by atoms with Crippen LogP contribution in [0.15, 0.2) is 28.5 Å². The minimum Gasteiger partial charge on any atom is -0.382 e. The fraction of sp³-hybridized carbons (Fsp3) is 0.600. The molecule has 1 saturated heterocycles. The lowest BCUT2D eigenvalue weighted by molar-refractivity contribution is 0.113. The zero-order valence-electron chi connectivity index (χ0n) is 12.6. The van der Waals surface area contributed by atoms with Gasteiger partial charge in [-0.2, -0.15) is 0 Å². The van der Waals surface area contributed by atoms with Crippen LogP contribution >= 0.6 is 11.6 Å². The van der Waals surface area contributed by atoms with E-state index in [1.54, 1.807) is 7.11 Å². The number of hydrogen-bond acceptors (Lipinski definition) is 4. The molecule has 1 heterocycles. The van der Waals surface area contributed by atoms with Gasteiger partial charge < -0.3 is 9.47 Å². The maximum atomic E-state index is 6.14. The van der Waals surface area contributed by atoms with Crippen molar-refractivity contribution in [1.29, 1.82) is 0 Å². The summed E-state index contributed by atoms with van der Waals surface area (Å²) in [5.41, 5.74) is 1.72. The van der Waals surface area contributed by atoms with E-state index < -0.39 is 0 Å². The largest absolute Gasteiger partial charge is 0.382 e. The van der Waals surface area contributed by atoms with Gasteiger partial charge in [-0.25, -0.2) is 0 Å². The topological polar surface area (TPSA) is 46.4 Å². The summed E-state index contributed by atoms with van der Waals surface area (Å²) >= 11 is 6.14. The smallest absolute Gasteiger partial charge is 0.0878 e. The predicted molar refractivity (Wildman–Crippen MR) is 82.9 cm³/mol. The fourth-order valence-corrected chi connectivity index (χ4v) is 2.53. The third-order valence-corrected chi connectivity index (χ3v) is 3.84. The molecule has 1 aliphatic rings. The van der Waals surface area contributed by atoms with E-state index in [0.29, 0.717) is 30.9 Å². The van der Waals surface area contributed by atoms with Crippen LogP contribution in [0, 0.1) is 0 Å². The maximum Gasteiger partial charge on any atom is 0.0878 e. The van der Waals surface area contributed by atoms with Crippen LogP contribution in [-0.2, 0) is 16.1 Å². The number of rotatable bonds is 7. The molecule has 1 aromatic carbocycles. The first-order chi connectivity index (χ1) is 10.2. The average molecular weight is 312 g/mol. The van der Waals surface area contributed by atoms with Crippen molar-refractivity contribution in [3.05, 3.63) is 28.8 Å². The number of methoxy groups -OCH3 is 1.